The van der Waals surface area contributed by atoms with Gasteiger partial charge < -0.3 is 29.5 Å². The largest absolute Gasteiger partial charge is 0.508 e. The molecule has 3 N–H and O–H groups in total. The van der Waals surface area contributed by atoms with E-state index in [9.17, 15) is 15.3 Å². The number of rotatable bonds is 8. The predicted octanol–water partition coefficient (Wildman–Crippen LogP) is 5.90. The maximum atomic E-state index is 11.7. The van der Waals surface area contributed by atoms with E-state index >= 15 is 0 Å². The van der Waals surface area contributed by atoms with Crippen molar-refractivity contribution in [1.29, 1.82) is 0 Å². The quantitative estimate of drug-likeness (QED) is 0.193. The summed E-state index contributed by atoms with van der Waals surface area (Å²) in [6, 6.07) is 27.8. The first-order valence-corrected chi connectivity index (χ1v) is 16.9. The summed E-state index contributed by atoms with van der Waals surface area (Å²) in [4.78, 5) is 4.55. The molecular weight excluding hydrogens is 614 g/mol. The highest BCUT2D eigenvalue weighted by Crippen LogP contribution is 2.52. The van der Waals surface area contributed by atoms with Gasteiger partial charge in [0.25, 0.3) is 0 Å². The van der Waals surface area contributed by atoms with Gasteiger partial charge in [0.2, 0.25) is 0 Å². The Bertz CT molecular complexity index is 2190. The second-order valence-electron chi connectivity index (χ2n) is 13.3. The number of hydrogen-bond donors (Lipinski definition) is 3. The highest BCUT2D eigenvalue weighted by molar-refractivity contribution is 5.83. The normalized spacial score (nSPS) is 18.6. The van der Waals surface area contributed by atoms with Crippen molar-refractivity contribution in [3.05, 3.63) is 134 Å². The summed E-state index contributed by atoms with van der Waals surface area (Å²) >= 11 is 0. The van der Waals surface area contributed by atoms with Crippen LogP contribution in [0.15, 0.2) is 89.9 Å². The summed E-state index contributed by atoms with van der Waals surface area (Å²) in [6.45, 7) is 0.716. The Balaban J connectivity index is 1.17. The molecule has 2 heterocycles. The van der Waals surface area contributed by atoms with Crippen LogP contribution in [-0.4, -0.2) is 42.2 Å². The molecule has 5 aromatic rings. The van der Waals surface area contributed by atoms with Gasteiger partial charge in [-0.2, -0.15) is 0 Å². The molecule has 248 valence electrons. The molecule has 0 aromatic heterocycles. The lowest BCUT2D eigenvalue weighted by Gasteiger charge is -2.37. The summed E-state index contributed by atoms with van der Waals surface area (Å²) in [5, 5.41) is 35.5. The molecule has 0 radical (unpaired) electrons. The number of benzene rings is 5. The van der Waals surface area contributed by atoms with Crippen LogP contribution in [0.2, 0.25) is 0 Å². The number of aromatic hydroxyl groups is 2. The monoisotopic (exact) mass is 653 g/mol. The third kappa shape index (κ3) is 5.68. The fourth-order valence-corrected chi connectivity index (χ4v) is 7.90. The summed E-state index contributed by atoms with van der Waals surface area (Å²) < 4.78 is 18.3. The van der Waals surface area contributed by atoms with E-state index in [1.54, 1.807) is 19.2 Å². The fourth-order valence-electron chi connectivity index (χ4n) is 7.90. The van der Waals surface area contributed by atoms with E-state index in [0.717, 1.165) is 57.1 Å². The van der Waals surface area contributed by atoms with Gasteiger partial charge in [0.1, 0.15) is 23.4 Å². The lowest BCUT2D eigenvalue weighted by molar-refractivity contribution is 0.0201. The number of ether oxygens (including phenoxy) is 3. The van der Waals surface area contributed by atoms with Gasteiger partial charge in [-0.25, -0.2) is 0 Å². The van der Waals surface area contributed by atoms with Gasteiger partial charge in [-0.15, -0.1) is 0 Å². The lowest BCUT2D eigenvalue weighted by atomic mass is 9.73. The Labute approximate surface area is 285 Å². The summed E-state index contributed by atoms with van der Waals surface area (Å²) in [6.07, 6.45) is 3.89. The number of phenolic OH excluding ortho intramolecular Hbond substituents is 2. The molecule has 1 aliphatic carbocycles. The minimum absolute atomic E-state index is 0.0885. The average Bonchev–Trinajstić information content (AvgIpc) is 3.59. The number of aryl methyl sites for hydroxylation is 2. The molecule has 49 heavy (non-hydrogen) atoms. The van der Waals surface area contributed by atoms with E-state index in [1.807, 2.05) is 42.5 Å². The molecule has 3 unspecified atom stereocenters. The number of phenols is 2. The van der Waals surface area contributed by atoms with E-state index in [0.29, 0.717) is 43.1 Å². The van der Waals surface area contributed by atoms with Gasteiger partial charge >= 0.3 is 0 Å². The maximum Gasteiger partial charge on any atom is 0.161 e. The Hall–Kier alpha value is -5.27. The lowest BCUT2D eigenvalue weighted by Crippen LogP contribution is -2.32. The van der Waals surface area contributed by atoms with E-state index in [4.69, 9.17) is 14.2 Å². The molecule has 7 nitrogen and oxygen atoms in total. The predicted molar refractivity (Wildman–Crippen MR) is 188 cm³/mol. The maximum absolute atomic E-state index is 11.7. The van der Waals surface area contributed by atoms with Gasteiger partial charge in [-0.05, 0) is 112 Å². The van der Waals surface area contributed by atoms with Crippen LogP contribution in [-0.2, 0) is 32.1 Å². The Morgan fingerprint density at radius 1 is 0.816 bits per heavy atom. The number of fused-ring (bicyclic) bond motifs is 6. The van der Waals surface area contributed by atoms with Crippen molar-refractivity contribution in [3.63, 3.8) is 0 Å². The molecule has 7 heteroatoms. The van der Waals surface area contributed by atoms with Crippen molar-refractivity contribution in [2.24, 2.45) is 4.99 Å². The zero-order valence-corrected chi connectivity index (χ0v) is 27.6. The van der Waals surface area contributed by atoms with Crippen LogP contribution >= 0.6 is 0 Å². The van der Waals surface area contributed by atoms with Crippen LogP contribution in [0.5, 0.6) is 28.7 Å². The highest BCUT2D eigenvalue weighted by atomic mass is 16.5. The van der Waals surface area contributed by atoms with Gasteiger partial charge in [0.15, 0.2) is 11.5 Å². The minimum Gasteiger partial charge on any atom is -0.508 e. The number of aliphatic hydroxyl groups excluding tert-OH is 1. The third-order valence-corrected chi connectivity index (χ3v) is 10.3. The molecule has 0 amide bonds. The number of methoxy groups -OCH3 is 2. The Morgan fingerprint density at radius 2 is 1.65 bits per heavy atom. The standard InChI is InChI=1S/C42H39NO6/c1-47-38-23-37-33(22-36(45)42(49-37)29-18-27(41(46)39(20-29)48-2)10-8-24-6-4-3-5-7-24)34-19-28(32-21-30(44)11-12-31(32)40(34)38)17-25-9-13-35-26(16-25)14-15-43-35/h3-7,9,11-14,16,18,20-21,23,28,36,42,44-46H,8,10,15,17,19,22H2,1-2H3. The van der Waals surface area contributed by atoms with Crippen molar-refractivity contribution < 1.29 is 29.5 Å². The third-order valence-electron chi connectivity index (χ3n) is 10.3. The minimum atomic E-state index is -0.836. The highest BCUT2D eigenvalue weighted by Gasteiger charge is 2.37. The van der Waals surface area contributed by atoms with Crippen LogP contribution < -0.4 is 24.8 Å². The van der Waals surface area contributed by atoms with Gasteiger partial charge in [0.05, 0.1) is 32.2 Å². The number of nitrogens with zero attached hydrogens (tertiary/aromatic N) is 1. The summed E-state index contributed by atoms with van der Waals surface area (Å²) in [5.41, 5.74) is 9.03. The van der Waals surface area contributed by atoms with Crippen molar-refractivity contribution in [1.82, 2.24) is 0 Å². The van der Waals surface area contributed by atoms with Gasteiger partial charge in [-0.3, -0.25) is 4.99 Å². The molecular formula is C42H39NO6. The molecule has 8 rings (SSSR count). The first-order valence-electron chi connectivity index (χ1n) is 16.9. The van der Waals surface area contributed by atoms with E-state index in [-0.39, 0.29) is 17.4 Å². The van der Waals surface area contributed by atoms with E-state index < -0.39 is 12.2 Å². The molecule has 0 saturated heterocycles. The van der Waals surface area contributed by atoms with Crippen molar-refractivity contribution in [3.8, 4) is 39.9 Å². The van der Waals surface area contributed by atoms with Crippen molar-refractivity contribution in [2.75, 3.05) is 20.8 Å². The zero-order chi connectivity index (χ0) is 33.6. The number of aliphatic hydroxyl groups is 1. The second kappa shape index (κ2) is 12.6. The van der Waals surface area contributed by atoms with Crippen LogP contribution in [0.1, 0.15) is 51.0 Å². The first kappa shape index (κ1) is 31.0. The molecule has 3 aliphatic rings. The summed E-state index contributed by atoms with van der Waals surface area (Å²) in [7, 11) is 3.20. The average molecular weight is 654 g/mol. The van der Waals surface area contributed by atoms with Gasteiger partial charge in [0, 0.05) is 23.6 Å². The van der Waals surface area contributed by atoms with Crippen molar-refractivity contribution in [2.45, 2.75) is 50.2 Å². The molecule has 2 aliphatic heterocycles. The van der Waals surface area contributed by atoms with Gasteiger partial charge in [-0.1, -0.05) is 48.5 Å². The Kier molecular flexibility index (Phi) is 8.00. The molecule has 0 spiro atoms. The van der Waals surface area contributed by atoms with Crippen molar-refractivity contribution >= 4 is 6.08 Å². The van der Waals surface area contributed by atoms with Crippen LogP contribution in [0.4, 0.5) is 0 Å². The molecule has 0 fully saturated rings. The number of hydrogen-bond acceptors (Lipinski definition) is 7. The van der Waals surface area contributed by atoms with E-state index in [2.05, 4.69) is 41.4 Å². The molecule has 0 saturated carbocycles. The van der Waals surface area contributed by atoms with Crippen LogP contribution in [0.25, 0.3) is 17.2 Å². The zero-order valence-electron chi connectivity index (χ0n) is 27.6. The SMILES string of the molecule is COc1cc(C2Oc3cc(OC)c4c(c3CC2O)CC(Cc2ccc3c(c2)=CCN=3)c2cc(O)ccc2-4)cc(CCc2ccccc2)c1O. The van der Waals surface area contributed by atoms with E-state index in [1.165, 1.54) is 23.5 Å². The summed E-state index contributed by atoms with van der Waals surface area (Å²) in [5.74, 6) is 2.15. The first-order chi connectivity index (χ1) is 23.9. The smallest absolute Gasteiger partial charge is 0.161 e. The second-order valence-corrected chi connectivity index (χ2v) is 13.3. The Morgan fingerprint density at radius 3 is 2.47 bits per heavy atom. The topological polar surface area (TPSA) is 101 Å². The molecule has 0 bridgehead atoms. The molecule has 5 aromatic carbocycles. The fraction of sp³-hybridized carbons (Fsp3) is 0.262. The molecule has 3 atom stereocenters. The van der Waals surface area contributed by atoms with Crippen LogP contribution in [0.3, 0.4) is 0 Å². The van der Waals surface area contributed by atoms with Crippen LogP contribution in [0, 0.1) is 0 Å².